The fraction of sp³-hybridized carbons (Fsp3) is 0.467. The van der Waals surface area contributed by atoms with Gasteiger partial charge in [0.2, 0.25) is 5.91 Å². The molecule has 1 aliphatic carbocycles. The smallest absolute Gasteiger partial charge is 0.229 e. The van der Waals surface area contributed by atoms with Crippen LogP contribution < -0.4 is 5.32 Å². The minimum absolute atomic E-state index is 0.142. The molecule has 0 radical (unpaired) electrons. The third-order valence-corrected chi connectivity index (χ3v) is 4.56. The Morgan fingerprint density at radius 3 is 2.95 bits per heavy atom. The van der Waals surface area contributed by atoms with Crippen LogP contribution >= 0.6 is 11.3 Å². The van der Waals surface area contributed by atoms with Gasteiger partial charge in [0.1, 0.15) is 5.69 Å². The highest BCUT2D eigenvalue weighted by atomic mass is 32.1. The quantitative estimate of drug-likeness (QED) is 0.907. The molecule has 2 aromatic rings. The van der Waals surface area contributed by atoms with Crippen LogP contribution in [0.5, 0.6) is 0 Å². The van der Waals surface area contributed by atoms with Crippen molar-refractivity contribution in [2.75, 3.05) is 5.32 Å². The van der Waals surface area contributed by atoms with Crippen LogP contribution in [0.25, 0.3) is 11.5 Å². The van der Waals surface area contributed by atoms with Gasteiger partial charge < -0.3 is 14.8 Å². The Morgan fingerprint density at radius 2 is 2.24 bits per heavy atom. The average molecular weight is 306 g/mol. The molecular weight excluding hydrogens is 288 g/mol. The van der Waals surface area contributed by atoms with Crippen LogP contribution in [0.3, 0.4) is 0 Å². The molecule has 1 amide bonds. The van der Waals surface area contributed by atoms with Crippen molar-refractivity contribution in [3.8, 4) is 11.5 Å². The lowest BCUT2D eigenvalue weighted by atomic mass is 9.82. The second-order valence-corrected chi connectivity index (χ2v) is 6.38. The maximum atomic E-state index is 12.1. The molecule has 2 aromatic heterocycles. The van der Waals surface area contributed by atoms with Crippen LogP contribution in [0.15, 0.2) is 28.2 Å². The van der Waals surface area contributed by atoms with Crippen molar-refractivity contribution in [3.63, 3.8) is 0 Å². The Balaban J connectivity index is 1.60. The molecule has 0 saturated heterocycles. The van der Waals surface area contributed by atoms with Crippen LogP contribution in [-0.4, -0.2) is 21.6 Å². The van der Waals surface area contributed by atoms with Gasteiger partial charge in [-0.25, -0.2) is 4.98 Å². The summed E-state index contributed by atoms with van der Waals surface area (Å²) in [6, 6.07) is 3.62. The molecule has 0 unspecified atom stereocenters. The minimum atomic E-state index is -0.844. The van der Waals surface area contributed by atoms with E-state index in [0.717, 1.165) is 19.3 Å². The van der Waals surface area contributed by atoms with Gasteiger partial charge in [-0.1, -0.05) is 19.3 Å². The minimum Gasteiger partial charge on any atom is -0.463 e. The van der Waals surface area contributed by atoms with Crippen molar-refractivity contribution in [2.45, 2.75) is 44.1 Å². The highest BCUT2D eigenvalue weighted by Gasteiger charge is 2.31. The molecule has 6 heteroatoms. The number of carbonyl (C=O) groups is 1. The third-order valence-electron chi connectivity index (χ3n) is 3.80. The molecule has 3 rings (SSSR count). The molecule has 0 bridgehead atoms. The maximum Gasteiger partial charge on any atom is 0.229 e. The number of amides is 1. The lowest BCUT2D eigenvalue weighted by molar-refractivity contribution is -0.122. The molecule has 0 spiro atoms. The van der Waals surface area contributed by atoms with E-state index in [1.165, 1.54) is 11.3 Å². The number of carbonyl (C=O) groups excluding carboxylic acids is 1. The Morgan fingerprint density at radius 1 is 1.43 bits per heavy atom. The van der Waals surface area contributed by atoms with Gasteiger partial charge in [-0.05, 0) is 25.0 Å². The fourth-order valence-corrected chi connectivity index (χ4v) is 3.43. The number of aromatic nitrogens is 1. The molecule has 0 aromatic carbocycles. The van der Waals surface area contributed by atoms with Gasteiger partial charge in [0.15, 0.2) is 10.9 Å². The summed E-state index contributed by atoms with van der Waals surface area (Å²) < 4.78 is 5.27. The molecule has 1 aliphatic rings. The van der Waals surface area contributed by atoms with Gasteiger partial charge in [-0.2, -0.15) is 0 Å². The van der Waals surface area contributed by atoms with Crippen molar-refractivity contribution >= 4 is 22.4 Å². The molecule has 2 N–H and O–H groups in total. The van der Waals surface area contributed by atoms with Crippen molar-refractivity contribution in [1.29, 1.82) is 0 Å². The number of furan rings is 1. The van der Waals surface area contributed by atoms with E-state index in [4.69, 9.17) is 4.42 Å². The number of aliphatic hydroxyl groups is 1. The third kappa shape index (κ3) is 3.51. The molecule has 1 fully saturated rings. The number of hydrogen-bond acceptors (Lipinski definition) is 5. The van der Waals surface area contributed by atoms with Gasteiger partial charge in [0.05, 0.1) is 18.3 Å². The van der Waals surface area contributed by atoms with Crippen LogP contribution in [0.1, 0.15) is 38.5 Å². The van der Waals surface area contributed by atoms with Gasteiger partial charge in [0.25, 0.3) is 0 Å². The predicted molar refractivity (Wildman–Crippen MR) is 81.1 cm³/mol. The lowest BCUT2D eigenvalue weighted by Gasteiger charge is -2.31. The topological polar surface area (TPSA) is 75.4 Å². The van der Waals surface area contributed by atoms with E-state index in [2.05, 4.69) is 10.3 Å². The largest absolute Gasteiger partial charge is 0.463 e. The Kier molecular flexibility index (Phi) is 4.07. The van der Waals surface area contributed by atoms with Crippen LogP contribution in [0.2, 0.25) is 0 Å². The molecule has 0 atom stereocenters. The molecule has 21 heavy (non-hydrogen) atoms. The van der Waals surface area contributed by atoms with E-state index in [9.17, 15) is 9.90 Å². The van der Waals surface area contributed by atoms with Gasteiger partial charge in [-0.3, -0.25) is 4.79 Å². The number of hydrogen-bond donors (Lipinski definition) is 2. The van der Waals surface area contributed by atoms with Crippen molar-refractivity contribution < 1.29 is 14.3 Å². The molecular formula is C15H18N2O3S. The van der Waals surface area contributed by atoms with E-state index >= 15 is 0 Å². The summed E-state index contributed by atoms with van der Waals surface area (Å²) in [5.41, 5.74) is -0.139. The summed E-state index contributed by atoms with van der Waals surface area (Å²) >= 11 is 1.35. The standard InChI is InChI=1S/C15H18N2O3S/c18-13(9-15(19)6-2-1-3-7-15)17-14-16-11(10-21-14)12-5-4-8-20-12/h4-5,8,10,19H,1-3,6-7,9H2,(H,16,17,18). The van der Waals surface area contributed by atoms with Gasteiger partial charge >= 0.3 is 0 Å². The Labute approximate surface area is 127 Å². The molecule has 112 valence electrons. The highest BCUT2D eigenvalue weighted by Crippen LogP contribution is 2.31. The molecule has 5 nitrogen and oxygen atoms in total. The Hall–Kier alpha value is -1.66. The first-order valence-electron chi connectivity index (χ1n) is 7.16. The van der Waals surface area contributed by atoms with Crippen LogP contribution in [0, 0.1) is 0 Å². The fourth-order valence-electron chi connectivity index (χ4n) is 2.72. The maximum absolute atomic E-state index is 12.1. The van der Waals surface area contributed by atoms with Crippen LogP contribution in [-0.2, 0) is 4.79 Å². The average Bonchev–Trinajstić information content (AvgIpc) is 3.08. The number of thiazole rings is 1. The molecule has 2 heterocycles. The zero-order valence-corrected chi connectivity index (χ0v) is 12.5. The zero-order valence-electron chi connectivity index (χ0n) is 11.7. The SMILES string of the molecule is O=C(CC1(O)CCCCC1)Nc1nc(-c2ccco2)cs1. The first-order valence-corrected chi connectivity index (χ1v) is 8.04. The lowest BCUT2D eigenvalue weighted by Crippen LogP contribution is -2.35. The Bertz CT molecular complexity index is 600. The van der Waals surface area contributed by atoms with E-state index in [1.807, 2.05) is 11.4 Å². The number of nitrogens with zero attached hydrogens (tertiary/aromatic N) is 1. The number of anilines is 1. The van der Waals surface area contributed by atoms with Gasteiger partial charge in [0, 0.05) is 5.38 Å². The molecule has 1 saturated carbocycles. The normalized spacial score (nSPS) is 17.6. The second kappa shape index (κ2) is 5.99. The van der Waals surface area contributed by atoms with Crippen molar-refractivity contribution in [2.24, 2.45) is 0 Å². The summed E-state index contributed by atoms with van der Waals surface area (Å²) in [5.74, 6) is 0.498. The summed E-state index contributed by atoms with van der Waals surface area (Å²) in [7, 11) is 0. The monoisotopic (exact) mass is 306 g/mol. The van der Waals surface area contributed by atoms with E-state index in [-0.39, 0.29) is 12.3 Å². The van der Waals surface area contributed by atoms with E-state index < -0.39 is 5.60 Å². The first kappa shape index (κ1) is 14.3. The second-order valence-electron chi connectivity index (χ2n) is 5.53. The summed E-state index contributed by atoms with van der Waals surface area (Å²) in [5, 5.41) is 15.5. The van der Waals surface area contributed by atoms with Crippen molar-refractivity contribution in [3.05, 3.63) is 23.8 Å². The number of nitrogens with one attached hydrogen (secondary N) is 1. The predicted octanol–water partition coefficient (Wildman–Crippen LogP) is 3.43. The number of rotatable bonds is 4. The van der Waals surface area contributed by atoms with E-state index in [1.54, 1.807) is 12.3 Å². The first-order chi connectivity index (χ1) is 10.1. The van der Waals surface area contributed by atoms with E-state index in [0.29, 0.717) is 29.4 Å². The van der Waals surface area contributed by atoms with Gasteiger partial charge in [-0.15, -0.1) is 11.3 Å². The zero-order chi connectivity index (χ0) is 14.7. The summed E-state index contributed by atoms with van der Waals surface area (Å²) in [6.45, 7) is 0. The summed E-state index contributed by atoms with van der Waals surface area (Å²) in [6.07, 6.45) is 6.26. The summed E-state index contributed by atoms with van der Waals surface area (Å²) in [4.78, 5) is 16.4. The van der Waals surface area contributed by atoms with Crippen LogP contribution in [0.4, 0.5) is 5.13 Å². The van der Waals surface area contributed by atoms with Crippen molar-refractivity contribution in [1.82, 2.24) is 4.98 Å². The molecule has 0 aliphatic heterocycles. The highest BCUT2D eigenvalue weighted by molar-refractivity contribution is 7.14.